The standard InChI is InChI=1S/C10H9N5O4/c1-6-5-12-13(10(6)11)8-3-2-7(14(16)17)4-9(8)15(18)19/h2-5H,11H2,1H3. The Labute approximate surface area is 106 Å². The zero-order valence-corrected chi connectivity index (χ0v) is 9.81. The molecule has 2 N–H and O–H groups in total. The minimum Gasteiger partial charge on any atom is -0.383 e. The molecule has 98 valence electrons. The Balaban J connectivity index is 2.67. The Bertz CT molecular complexity index is 679. The van der Waals surface area contributed by atoms with Crippen molar-refractivity contribution in [2.24, 2.45) is 0 Å². The molecule has 0 aliphatic carbocycles. The van der Waals surface area contributed by atoms with Crippen LogP contribution in [0.1, 0.15) is 5.56 Å². The van der Waals surface area contributed by atoms with E-state index in [2.05, 4.69) is 5.10 Å². The first-order valence-electron chi connectivity index (χ1n) is 5.15. The van der Waals surface area contributed by atoms with Gasteiger partial charge in [-0.3, -0.25) is 20.2 Å². The number of nitrogen functional groups attached to an aromatic ring is 1. The van der Waals surface area contributed by atoms with Crippen LogP contribution in [0.15, 0.2) is 24.4 Å². The molecule has 0 fully saturated rings. The fourth-order valence-corrected chi connectivity index (χ4v) is 1.58. The van der Waals surface area contributed by atoms with Crippen LogP contribution in [0.3, 0.4) is 0 Å². The van der Waals surface area contributed by atoms with Crippen LogP contribution in [-0.4, -0.2) is 19.6 Å². The van der Waals surface area contributed by atoms with Gasteiger partial charge in [-0.25, -0.2) is 4.68 Å². The molecule has 9 heteroatoms. The summed E-state index contributed by atoms with van der Waals surface area (Å²) in [5.41, 5.74) is 5.70. The van der Waals surface area contributed by atoms with E-state index < -0.39 is 15.5 Å². The van der Waals surface area contributed by atoms with E-state index in [9.17, 15) is 20.2 Å². The molecule has 19 heavy (non-hydrogen) atoms. The minimum absolute atomic E-state index is 0.0844. The number of anilines is 1. The summed E-state index contributed by atoms with van der Waals surface area (Å²) >= 11 is 0. The van der Waals surface area contributed by atoms with Crippen molar-refractivity contribution in [2.45, 2.75) is 6.92 Å². The van der Waals surface area contributed by atoms with E-state index in [-0.39, 0.29) is 17.2 Å². The summed E-state index contributed by atoms with van der Waals surface area (Å²) in [4.78, 5) is 20.2. The van der Waals surface area contributed by atoms with Crippen LogP contribution >= 0.6 is 0 Å². The summed E-state index contributed by atoms with van der Waals surface area (Å²) in [7, 11) is 0. The van der Waals surface area contributed by atoms with Crippen LogP contribution in [0.4, 0.5) is 17.2 Å². The SMILES string of the molecule is Cc1cnn(-c2ccc([N+](=O)[O-])cc2[N+](=O)[O-])c1N. The van der Waals surface area contributed by atoms with Gasteiger partial charge in [0.2, 0.25) is 0 Å². The predicted octanol–water partition coefficient (Wildman–Crippen LogP) is 1.58. The number of benzene rings is 1. The van der Waals surface area contributed by atoms with Crippen molar-refractivity contribution < 1.29 is 9.85 Å². The maximum absolute atomic E-state index is 11.0. The summed E-state index contributed by atoms with van der Waals surface area (Å²) in [6, 6.07) is 3.30. The van der Waals surface area contributed by atoms with E-state index in [1.807, 2.05) is 0 Å². The highest BCUT2D eigenvalue weighted by molar-refractivity contribution is 5.60. The van der Waals surface area contributed by atoms with Crippen molar-refractivity contribution >= 4 is 17.2 Å². The highest BCUT2D eigenvalue weighted by atomic mass is 16.6. The lowest BCUT2D eigenvalue weighted by Crippen LogP contribution is -2.06. The highest BCUT2D eigenvalue weighted by Gasteiger charge is 2.22. The quantitative estimate of drug-likeness (QED) is 0.660. The fraction of sp³-hybridized carbons (Fsp3) is 0.100. The zero-order chi connectivity index (χ0) is 14.2. The van der Waals surface area contributed by atoms with Crippen molar-refractivity contribution in [1.29, 1.82) is 0 Å². The van der Waals surface area contributed by atoms with E-state index in [0.29, 0.717) is 5.56 Å². The van der Waals surface area contributed by atoms with Crippen molar-refractivity contribution in [2.75, 3.05) is 5.73 Å². The monoisotopic (exact) mass is 263 g/mol. The molecule has 2 rings (SSSR count). The Morgan fingerprint density at radius 3 is 2.42 bits per heavy atom. The third-order valence-corrected chi connectivity index (χ3v) is 2.59. The predicted molar refractivity (Wildman–Crippen MR) is 66.0 cm³/mol. The molecule has 1 aromatic carbocycles. The maximum atomic E-state index is 11.0. The molecule has 0 aliphatic rings. The normalized spacial score (nSPS) is 10.4. The summed E-state index contributed by atoms with van der Waals surface area (Å²) in [6.45, 7) is 1.70. The van der Waals surface area contributed by atoms with E-state index in [1.165, 1.54) is 23.0 Å². The average Bonchev–Trinajstić information content (AvgIpc) is 2.69. The van der Waals surface area contributed by atoms with Crippen LogP contribution in [0, 0.1) is 27.2 Å². The number of aryl methyl sites for hydroxylation is 1. The molecule has 9 nitrogen and oxygen atoms in total. The van der Waals surface area contributed by atoms with Crippen molar-refractivity contribution in [3.63, 3.8) is 0 Å². The average molecular weight is 263 g/mol. The molecule has 0 aliphatic heterocycles. The number of nitrogens with two attached hydrogens (primary N) is 1. The number of hydrogen-bond donors (Lipinski definition) is 1. The molecular formula is C10H9N5O4. The lowest BCUT2D eigenvalue weighted by Gasteiger charge is -2.05. The minimum atomic E-state index is -0.710. The van der Waals surface area contributed by atoms with Crippen molar-refractivity contribution in [1.82, 2.24) is 9.78 Å². The smallest absolute Gasteiger partial charge is 0.301 e. The van der Waals surface area contributed by atoms with Gasteiger partial charge in [-0.05, 0) is 13.0 Å². The van der Waals surface area contributed by atoms with Gasteiger partial charge in [0.25, 0.3) is 5.69 Å². The molecule has 0 bridgehead atoms. The first-order valence-corrected chi connectivity index (χ1v) is 5.15. The maximum Gasteiger partial charge on any atom is 0.301 e. The van der Waals surface area contributed by atoms with E-state index >= 15 is 0 Å². The summed E-state index contributed by atoms with van der Waals surface area (Å²) in [5.74, 6) is 0.247. The molecule has 0 radical (unpaired) electrons. The molecule has 0 saturated carbocycles. The largest absolute Gasteiger partial charge is 0.383 e. The van der Waals surface area contributed by atoms with Crippen LogP contribution in [0.5, 0.6) is 0 Å². The summed E-state index contributed by atoms with van der Waals surface area (Å²) in [6.07, 6.45) is 1.46. The summed E-state index contributed by atoms with van der Waals surface area (Å²) < 4.78 is 1.18. The van der Waals surface area contributed by atoms with E-state index in [0.717, 1.165) is 6.07 Å². The van der Waals surface area contributed by atoms with Gasteiger partial charge >= 0.3 is 5.69 Å². The van der Waals surface area contributed by atoms with Crippen LogP contribution < -0.4 is 5.73 Å². The Hall–Kier alpha value is -2.97. The van der Waals surface area contributed by atoms with Gasteiger partial charge in [0.15, 0.2) is 0 Å². The molecule has 0 saturated heterocycles. The molecule has 1 heterocycles. The Morgan fingerprint density at radius 2 is 1.95 bits per heavy atom. The third kappa shape index (κ3) is 2.08. The first kappa shape index (κ1) is 12.5. The molecule has 0 atom stereocenters. The number of nitrogens with zero attached hydrogens (tertiary/aromatic N) is 4. The zero-order valence-electron chi connectivity index (χ0n) is 9.81. The molecule has 2 aromatic rings. The number of rotatable bonds is 3. The number of nitro groups is 2. The van der Waals surface area contributed by atoms with Gasteiger partial charge in [0, 0.05) is 11.6 Å². The van der Waals surface area contributed by atoms with Gasteiger partial charge in [0.05, 0.1) is 22.1 Å². The van der Waals surface area contributed by atoms with Gasteiger partial charge in [-0.1, -0.05) is 0 Å². The fourth-order valence-electron chi connectivity index (χ4n) is 1.58. The van der Waals surface area contributed by atoms with Gasteiger partial charge in [0.1, 0.15) is 11.5 Å². The highest BCUT2D eigenvalue weighted by Crippen LogP contribution is 2.29. The number of hydrogen-bond acceptors (Lipinski definition) is 6. The second kappa shape index (κ2) is 4.37. The number of nitro benzene ring substituents is 2. The lowest BCUT2D eigenvalue weighted by atomic mass is 10.2. The number of aromatic nitrogens is 2. The first-order chi connectivity index (χ1) is 8.91. The van der Waals surface area contributed by atoms with Crippen molar-refractivity contribution in [3.05, 3.63) is 50.2 Å². The molecule has 0 spiro atoms. The van der Waals surface area contributed by atoms with Gasteiger partial charge in [-0.2, -0.15) is 5.10 Å². The van der Waals surface area contributed by atoms with Gasteiger partial charge in [-0.15, -0.1) is 0 Å². The van der Waals surface area contributed by atoms with Crippen molar-refractivity contribution in [3.8, 4) is 5.69 Å². The Morgan fingerprint density at radius 1 is 1.26 bits per heavy atom. The van der Waals surface area contributed by atoms with E-state index in [1.54, 1.807) is 6.92 Å². The number of non-ortho nitro benzene ring substituents is 1. The van der Waals surface area contributed by atoms with Crippen LogP contribution in [-0.2, 0) is 0 Å². The topological polar surface area (TPSA) is 130 Å². The second-order valence-corrected chi connectivity index (χ2v) is 3.81. The summed E-state index contributed by atoms with van der Waals surface area (Å²) in [5, 5.41) is 25.5. The van der Waals surface area contributed by atoms with Gasteiger partial charge < -0.3 is 5.73 Å². The molecule has 1 aromatic heterocycles. The Kier molecular flexibility index (Phi) is 2.87. The lowest BCUT2D eigenvalue weighted by molar-refractivity contribution is -0.394. The van der Waals surface area contributed by atoms with E-state index in [4.69, 9.17) is 5.73 Å². The van der Waals surface area contributed by atoms with Crippen LogP contribution in [0.25, 0.3) is 5.69 Å². The third-order valence-electron chi connectivity index (χ3n) is 2.59. The molecule has 0 unspecified atom stereocenters. The molecular weight excluding hydrogens is 254 g/mol. The molecule has 0 amide bonds. The van der Waals surface area contributed by atoms with Crippen LogP contribution in [0.2, 0.25) is 0 Å². The second-order valence-electron chi connectivity index (χ2n) is 3.81.